The van der Waals surface area contributed by atoms with E-state index in [9.17, 15) is 9.90 Å². The standard InChI is InChI=1S/C28H26ClN3O3S/c1-14-12-21-25(36-26(32-21)17-8-11-19-20(13-17)31-15(2)30-19)23(16-6-9-18(29)10-7-16)22(14)24(27(33)34)35-28(3,4)5/h6-13,24H,1-5H3,(H,30,31)(H,33,34)/t24-/m0/s1. The minimum Gasteiger partial charge on any atom is -0.479 e. The third kappa shape index (κ3) is 4.62. The van der Waals surface area contributed by atoms with E-state index in [2.05, 4.69) is 9.97 Å². The Morgan fingerprint density at radius 3 is 2.39 bits per heavy atom. The Balaban J connectivity index is 1.78. The quantitative estimate of drug-likeness (QED) is 0.248. The van der Waals surface area contributed by atoms with Gasteiger partial charge in [0.1, 0.15) is 10.8 Å². The van der Waals surface area contributed by atoms with Crippen LogP contribution >= 0.6 is 22.9 Å². The van der Waals surface area contributed by atoms with Crippen molar-refractivity contribution in [3.8, 4) is 21.7 Å². The molecule has 3 aromatic carbocycles. The number of aliphatic carboxylic acids is 1. The van der Waals surface area contributed by atoms with Crippen LogP contribution in [0.5, 0.6) is 0 Å². The lowest BCUT2D eigenvalue weighted by Gasteiger charge is -2.28. The molecule has 36 heavy (non-hydrogen) atoms. The van der Waals surface area contributed by atoms with Crippen molar-refractivity contribution in [1.29, 1.82) is 0 Å². The summed E-state index contributed by atoms with van der Waals surface area (Å²) in [6.45, 7) is 9.41. The van der Waals surface area contributed by atoms with E-state index < -0.39 is 17.7 Å². The molecule has 2 N–H and O–H groups in total. The topological polar surface area (TPSA) is 88.1 Å². The fraction of sp³-hybridized carbons (Fsp3) is 0.250. The predicted octanol–water partition coefficient (Wildman–Crippen LogP) is 7.72. The lowest BCUT2D eigenvalue weighted by atomic mass is 9.91. The van der Waals surface area contributed by atoms with Crippen LogP contribution in [0.2, 0.25) is 5.02 Å². The fourth-order valence-electron chi connectivity index (χ4n) is 4.43. The minimum atomic E-state index is -1.14. The van der Waals surface area contributed by atoms with Crippen molar-refractivity contribution in [2.24, 2.45) is 0 Å². The monoisotopic (exact) mass is 519 g/mol. The summed E-state index contributed by atoms with van der Waals surface area (Å²) in [5.41, 5.74) is 6.07. The SMILES string of the molecule is Cc1nc2ccc(-c3nc4cc(C)c([C@H](OC(C)(C)C)C(=O)O)c(-c5ccc(Cl)cc5)c4s3)cc2[nH]1. The van der Waals surface area contributed by atoms with Crippen LogP contribution in [0.1, 0.15) is 43.8 Å². The van der Waals surface area contributed by atoms with E-state index in [0.717, 1.165) is 54.3 Å². The van der Waals surface area contributed by atoms with Crippen LogP contribution in [0.15, 0.2) is 48.5 Å². The largest absolute Gasteiger partial charge is 0.479 e. The maximum Gasteiger partial charge on any atom is 0.337 e. The zero-order valence-electron chi connectivity index (χ0n) is 20.6. The van der Waals surface area contributed by atoms with E-state index in [4.69, 9.17) is 21.3 Å². The number of hydrogen-bond acceptors (Lipinski definition) is 5. The van der Waals surface area contributed by atoms with Crippen LogP contribution in [-0.4, -0.2) is 31.6 Å². The summed E-state index contributed by atoms with van der Waals surface area (Å²) in [7, 11) is 0. The van der Waals surface area contributed by atoms with E-state index in [1.54, 1.807) is 0 Å². The van der Waals surface area contributed by atoms with E-state index >= 15 is 0 Å². The molecule has 0 aliphatic carbocycles. The van der Waals surface area contributed by atoms with Crippen LogP contribution < -0.4 is 0 Å². The number of carboxylic acid groups (broad SMARTS) is 1. The molecule has 2 aromatic heterocycles. The predicted molar refractivity (Wildman–Crippen MR) is 146 cm³/mol. The van der Waals surface area contributed by atoms with E-state index in [1.807, 2.05) is 83.1 Å². The van der Waals surface area contributed by atoms with Crippen molar-refractivity contribution >= 4 is 50.2 Å². The van der Waals surface area contributed by atoms with Crippen molar-refractivity contribution < 1.29 is 14.6 Å². The first kappa shape index (κ1) is 24.4. The third-order valence-electron chi connectivity index (χ3n) is 5.87. The Morgan fingerprint density at radius 1 is 1.03 bits per heavy atom. The Hall–Kier alpha value is -3.26. The number of aromatic amines is 1. The number of carbonyl (C=O) groups is 1. The lowest BCUT2D eigenvalue weighted by molar-refractivity contribution is -0.160. The summed E-state index contributed by atoms with van der Waals surface area (Å²) < 4.78 is 6.99. The molecule has 0 unspecified atom stereocenters. The minimum absolute atomic E-state index is 0.609. The van der Waals surface area contributed by atoms with Gasteiger partial charge >= 0.3 is 5.97 Å². The van der Waals surface area contributed by atoms with Gasteiger partial charge in [-0.25, -0.2) is 14.8 Å². The molecule has 2 heterocycles. The molecule has 0 bridgehead atoms. The number of fused-ring (bicyclic) bond motifs is 2. The van der Waals surface area contributed by atoms with Crippen molar-refractivity contribution in [2.75, 3.05) is 0 Å². The van der Waals surface area contributed by atoms with Crippen LogP contribution in [0.4, 0.5) is 0 Å². The number of imidazole rings is 1. The van der Waals surface area contributed by atoms with Gasteiger partial charge in [-0.3, -0.25) is 0 Å². The molecule has 0 fully saturated rings. The molecule has 0 spiro atoms. The number of nitrogens with one attached hydrogen (secondary N) is 1. The second-order valence-electron chi connectivity index (χ2n) is 9.86. The first-order chi connectivity index (χ1) is 17.0. The average molecular weight is 520 g/mol. The van der Waals surface area contributed by atoms with Gasteiger partial charge in [-0.1, -0.05) is 23.7 Å². The van der Waals surface area contributed by atoms with Gasteiger partial charge in [0.25, 0.3) is 0 Å². The zero-order valence-corrected chi connectivity index (χ0v) is 22.2. The highest BCUT2D eigenvalue weighted by Gasteiger charge is 2.32. The van der Waals surface area contributed by atoms with Crippen LogP contribution in [0.3, 0.4) is 0 Å². The summed E-state index contributed by atoms with van der Waals surface area (Å²) in [5, 5.41) is 11.7. The Labute approximate surface area is 217 Å². The number of aryl methyl sites for hydroxylation is 2. The molecule has 0 saturated carbocycles. The number of ether oxygens (including phenoxy) is 1. The van der Waals surface area contributed by atoms with Crippen molar-refractivity contribution in [2.45, 2.75) is 46.3 Å². The molecule has 8 heteroatoms. The Morgan fingerprint density at radius 2 is 1.72 bits per heavy atom. The number of carboxylic acids is 1. The van der Waals surface area contributed by atoms with Crippen LogP contribution in [-0.2, 0) is 9.53 Å². The molecule has 5 aromatic rings. The molecule has 6 nitrogen and oxygen atoms in total. The highest BCUT2D eigenvalue weighted by Crippen LogP contribution is 2.44. The van der Waals surface area contributed by atoms with Gasteiger partial charge in [-0.2, -0.15) is 0 Å². The lowest BCUT2D eigenvalue weighted by Crippen LogP contribution is -2.28. The summed E-state index contributed by atoms with van der Waals surface area (Å²) in [5.74, 6) is -0.178. The molecular formula is C28H26ClN3O3S. The van der Waals surface area contributed by atoms with Crippen molar-refractivity contribution in [3.63, 3.8) is 0 Å². The Bertz CT molecular complexity index is 1610. The highest BCUT2D eigenvalue weighted by atomic mass is 35.5. The molecule has 0 aliphatic heterocycles. The Kier molecular flexibility index (Phi) is 6.11. The van der Waals surface area contributed by atoms with E-state index in [-0.39, 0.29) is 0 Å². The molecule has 184 valence electrons. The van der Waals surface area contributed by atoms with Gasteiger partial charge < -0.3 is 14.8 Å². The fourth-order valence-corrected chi connectivity index (χ4v) is 5.68. The van der Waals surface area contributed by atoms with Gasteiger partial charge in [-0.05, 0) is 82.1 Å². The molecule has 0 radical (unpaired) electrons. The molecule has 0 amide bonds. The summed E-state index contributed by atoms with van der Waals surface area (Å²) in [6.07, 6.45) is -1.14. The molecule has 0 saturated heterocycles. The molecular weight excluding hydrogens is 494 g/mol. The van der Waals surface area contributed by atoms with Gasteiger partial charge in [-0.15, -0.1) is 11.3 Å². The average Bonchev–Trinajstić information content (AvgIpc) is 3.38. The smallest absolute Gasteiger partial charge is 0.337 e. The maximum absolute atomic E-state index is 12.5. The van der Waals surface area contributed by atoms with Gasteiger partial charge in [0.05, 0.1) is 26.9 Å². The first-order valence-electron chi connectivity index (χ1n) is 11.6. The number of aromatic nitrogens is 3. The summed E-state index contributed by atoms with van der Waals surface area (Å²) in [4.78, 5) is 25.2. The van der Waals surface area contributed by atoms with Gasteiger partial charge in [0, 0.05) is 21.7 Å². The van der Waals surface area contributed by atoms with E-state index in [0.29, 0.717) is 10.6 Å². The molecule has 1 atom stereocenters. The second kappa shape index (κ2) is 9.00. The molecule has 5 rings (SSSR count). The number of nitrogens with zero attached hydrogens (tertiary/aromatic N) is 2. The summed E-state index contributed by atoms with van der Waals surface area (Å²) >= 11 is 7.72. The number of halogens is 1. The highest BCUT2D eigenvalue weighted by molar-refractivity contribution is 7.22. The zero-order chi connectivity index (χ0) is 25.8. The van der Waals surface area contributed by atoms with E-state index in [1.165, 1.54) is 11.3 Å². The number of hydrogen-bond donors (Lipinski definition) is 2. The maximum atomic E-state index is 12.5. The van der Waals surface area contributed by atoms with Crippen LogP contribution in [0, 0.1) is 13.8 Å². The van der Waals surface area contributed by atoms with Gasteiger partial charge in [0.2, 0.25) is 0 Å². The third-order valence-corrected chi connectivity index (χ3v) is 7.26. The van der Waals surface area contributed by atoms with Gasteiger partial charge in [0.15, 0.2) is 6.10 Å². The van der Waals surface area contributed by atoms with Crippen molar-refractivity contribution in [1.82, 2.24) is 15.0 Å². The first-order valence-corrected chi connectivity index (χ1v) is 12.8. The number of rotatable bonds is 5. The number of thiazole rings is 1. The number of benzene rings is 3. The second-order valence-corrected chi connectivity index (χ2v) is 11.3. The van der Waals surface area contributed by atoms with Crippen LogP contribution in [0.25, 0.3) is 42.9 Å². The summed E-state index contributed by atoms with van der Waals surface area (Å²) in [6, 6.07) is 15.4. The molecule has 0 aliphatic rings. The number of H-pyrrole nitrogens is 1. The van der Waals surface area contributed by atoms with Crippen molar-refractivity contribution in [3.05, 3.63) is 70.5 Å². The normalized spacial score (nSPS) is 12.9.